The monoisotopic (exact) mass is 303 g/mol. The molecule has 0 unspecified atom stereocenters. The molecule has 0 spiro atoms. The molecule has 0 atom stereocenters. The maximum atomic E-state index is 12.2. The van der Waals surface area contributed by atoms with E-state index in [2.05, 4.69) is 0 Å². The third-order valence-electron chi connectivity index (χ3n) is 3.03. The normalized spacial score (nSPS) is 10.3. The Labute approximate surface area is 127 Å². The molecule has 0 saturated heterocycles. The smallest absolute Gasteiger partial charge is 0.371 e. The minimum absolute atomic E-state index is 0.00540. The minimum Gasteiger partial charge on any atom is -0.494 e. The van der Waals surface area contributed by atoms with Crippen LogP contribution in [0.5, 0.6) is 5.75 Å². The standard InChI is InChI=1S/C16H17NO5/c1-3-21-12-6-4-11(5-7-12)10-17(2)15(18)13-8-9-14(22-13)16(19)20/h4-9H,3,10H2,1-2H3,(H,19,20). The summed E-state index contributed by atoms with van der Waals surface area (Å²) in [5.74, 6) is -1.05. The molecule has 0 fully saturated rings. The molecule has 0 aliphatic heterocycles. The molecule has 6 heteroatoms. The third kappa shape index (κ3) is 3.66. The summed E-state index contributed by atoms with van der Waals surface area (Å²) < 4.78 is 10.4. The second-order valence-electron chi connectivity index (χ2n) is 4.71. The average molecular weight is 303 g/mol. The van der Waals surface area contributed by atoms with Gasteiger partial charge in [-0.05, 0) is 36.8 Å². The van der Waals surface area contributed by atoms with E-state index in [4.69, 9.17) is 14.3 Å². The van der Waals surface area contributed by atoms with Gasteiger partial charge in [-0.3, -0.25) is 4.79 Å². The Morgan fingerprint density at radius 2 is 1.77 bits per heavy atom. The van der Waals surface area contributed by atoms with Gasteiger partial charge in [0.1, 0.15) is 5.75 Å². The lowest BCUT2D eigenvalue weighted by Crippen LogP contribution is -2.25. The number of carbonyl (C=O) groups excluding carboxylic acids is 1. The van der Waals surface area contributed by atoms with Crippen LogP contribution in [0.15, 0.2) is 40.8 Å². The molecule has 1 heterocycles. The number of nitrogens with zero attached hydrogens (tertiary/aromatic N) is 1. The second kappa shape index (κ2) is 6.80. The van der Waals surface area contributed by atoms with Crippen LogP contribution in [0.3, 0.4) is 0 Å². The molecule has 1 amide bonds. The summed E-state index contributed by atoms with van der Waals surface area (Å²) in [6.45, 7) is 2.89. The van der Waals surface area contributed by atoms with Crippen molar-refractivity contribution >= 4 is 11.9 Å². The van der Waals surface area contributed by atoms with Gasteiger partial charge in [-0.15, -0.1) is 0 Å². The molecular weight excluding hydrogens is 286 g/mol. The number of amides is 1. The molecule has 0 radical (unpaired) electrons. The van der Waals surface area contributed by atoms with Gasteiger partial charge in [-0.1, -0.05) is 12.1 Å². The number of ether oxygens (including phenoxy) is 1. The van der Waals surface area contributed by atoms with Gasteiger partial charge in [-0.25, -0.2) is 4.79 Å². The van der Waals surface area contributed by atoms with E-state index in [9.17, 15) is 9.59 Å². The molecule has 0 bridgehead atoms. The van der Waals surface area contributed by atoms with Crippen LogP contribution in [0.25, 0.3) is 0 Å². The van der Waals surface area contributed by atoms with Gasteiger partial charge in [0, 0.05) is 13.6 Å². The fourth-order valence-corrected chi connectivity index (χ4v) is 1.96. The molecule has 2 rings (SSSR count). The summed E-state index contributed by atoms with van der Waals surface area (Å²) >= 11 is 0. The topological polar surface area (TPSA) is 80.0 Å². The number of rotatable bonds is 6. The first-order chi connectivity index (χ1) is 10.5. The minimum atomic E-state index is -1.20. The van der Waals surface area contributed by atoms with Crippen molar-refractivity contribution < 1.29 is 23.8 Å². The molecular formula is C16H17NO5. The average Bonchev–Trinajstić information content (AvgIpc) is 2.99. The number of hydrogen-bond donors (Lipinski definition) is 1. The fraction of sp³-hybridized carbons (Fsp3) is 0.250. The molecule has 0 saturated carbocycles. The SMILES string of the molecule is CCOc1ccc(CN(C)C(=O)c2ccc(C(=O)O)o2)cc1. The highest BCUT2D eigenvalue weighted by atomic mass is 16.5. The van der Waals surface area contributed by atoms with Gasteiger partial charge in [0.2, 0.25) is 5.76 Å². The van der Waals surface area contributed by atoms with E-state index in [1.54, 1.807) is 7.05 Å². The van der Waals surface area contributed by atoms with Crippen molar-refractivity contribution in [3.8, 4) is 5.75 Å². The predicted octanol–water partition coefficient (Wildman–Crippen LogP) is 2.65. The van der Waals surface area contributed by atoms with Crippen molar-refractivity contribution in [2.24, 2.45) is 0 Å². The lowest BCUT2D eigenvalue weighted by molar-refractivity contribution is 0.0653. The second-order valence-corrected chi connectivity index (χ2v) is 4.71. The van der Waals surface area contributed by atoms with E-state index >= 15 is 0 Å². The molecule has 1 aromatic carbocycles. The predicted molar refractivity (Wildman–Crippen MR) is 79.1 cm³/mol. The first-order valence-electron chi connectivity index (χ1n) is 6.81. The van der Waals surface area contributed by atoms with E-state index in [0.717, 1.165) is 11.3 Å². The molecule has 22 heavy (non-hydrogen) atoms. The summed E-state index contributed by atoms with van der Waals surface area (Å²) in [7, 11) is 1.63. The number of benzene rings is 1. The van der Waals surface area contributed by atoms with E-state index in [1.807, 2.05) is 31.2 Å². The van der Waals surface area contributed by atoms with Gasteiger partial charge in [0.05, 0.1) is 6.61 Å². The molecule has 0 aliphatic carbocycles. The summed E-state index contributed by atoms with van der Waals surface area (Å²) in [6, 6.07) is 10.1. The Kier molecular flexibility index (Phi) is 4.83. The zero-order chi connectivity index (χ0) is 16.1. The van der Waals surface area contributed by atoms with E-state index in [1.165, 1.54) is 17.0 Å². The van der Waals surface area contributed by atoms with Crippen molar-refractivity contribution in [2.45, 2.75) is 13.5 Å². The maximum absolute atomic E-state index is 12.2. The van der Waals surface area contributed by atoms with Gasteiger partial charge < -0.3 is 19.2 Å². The Morgan fingerprint density at radius 1 is 1.14 bits per heavy atom. The summed E-state index contributed by atoms with van der Waals surface area (Å²) in [5.41, 5.74) is 0.935. The van der Waals surface area contributed by atoms with Crippen molar-refractivity contribution in [3.63, 3.8) is 0 Å². The lowest BCUT2D eigenvalue weighted by atomic mass is 10.2. The van der Waals surface area contributed by atoms with Crippen LogP contribution in [0, 0.1) is 0 Å². The van der Waals surface area contributed by atoms with E-state index in [0.29, 0.717) is 13.2 Å². The van der Waals surface area contributed by atoms with Crippen LogP contribution < -0.4 is 4.74 Å². The molecule has 1 aromatic heterocycles. The number of aromatic carboxylic acids is 1. The zero-order valence-corrected chi connectivity index (χ0v) is 12.4. The molecule has 1 N–H and O–H groups in total. The third-order valence-corrected chi connectivity index (χ3v) is 3.03. The molecule has 116 valence electrons. The van der Waals surface area contributed by atoms with Crippen LogP contribution in [-0.4, -0.2) is 35.5 Å². The Balaban J connectivity index is 2.02. The van der Waals surface area contributed by atoms with E-state index in [-0.39, 0.29) is 17.4 Å². The van der Waals surface area contributed by atoms with Gasteiger partial charge >= 0.3 is 5.97 Å². The van der Waals surface area contributed by atoms with Crippen molar-refractivity contribution in [1.29, 1.82) is 0 Å². The van der Waals surface area contributed by atoms with Crippen molar-refractivity contribution in [2.75, 3.05) is 13.7 Å². The Bertz CT molecular complexity index is 659. The molecule has 6 nitrogen and oxygen atoms in total. The maximum Gasteiger partial charge on any atom is 0.371 e. The Hall–Kier alpha value is -2.76. The highest BCUT2D eigenvalue weighted by Gasteiger charge is 2.18. The highest BCUT2D eigenvalue weighted by Crippen LogP contribution is 2.15. The molecule has 0 aliphatic rings. The van der Waals surface area contributed by atoms with Gasteiger partial charge in [0.15, 0.2) is 5.76 Å². The largest absolute Gasteiger partial charge is 0.494 e. The number of carboxylic acid groups (broad SMARTS) is 1. The zero-order valence-electron chi connectivity index (χ0n) is 12.4. The first-order valence-corrected chi connectivity index (χ1v) is 6.81. The van der Waals surface area contributed by atoms with Gasteiger partial charge in [-0.2, -0.15) is 0 Å². The van der Waals surface area contributed by atoms with E-state index < -0.39 is 5.97 Å². The highest BCUT2D eigenvalue weighted by molar-refractivity contribution is 5.93. The Morgan fingerprint density at radius 3 is 2.32 bits per heavy atom. The van der Waals surface area contributed by atoms with Crippen LogP contribution in [0.4, 0.5) is 0 Å². The van der Waals surface area contributed by atoms with Crippen molar-refractivity contribution in [1.82, 2.24) is 4.90 Å². The van der Waals surface area contributed by atoms with Crippen LogP contribution >= 0.6 is 0 Å². The summed E-state index contributed by atoms with van der Waals surface area (Å²) in [4.78, 5) is 24.4. The van der Waals surface area contributed by atoms with Crippen LogP contribution in [0.2, 0.25) is 0 Å². The molecule has 2 aromatic rings. The van der Waals surface area contributed by atoms with Gasteiger partial charge in [0.25, 0.3) is 5.91 Å². The summed E-state index contributed by atoms with van der Waals surface area (Å²) in [6.07, 6.45) is 0. The summed E-state index contributed by atoms with van der Waals surface area (Å²) in [5, 5.41) is 8.79. The number of carboxylic acids is 1. The van der Waals surface area contributed by atoms with Crippen LogP contribution in [0.1, 0.15) is 33.6 Å². The number of furan rings is 1. The fourth-order valence-electron chi connectivity index (χ4n) is 1.96. The number of hydrogen-bond acceptors (Lipinski definition) is 4. The first kappa shape index (κ1) is 15.6. The number of carbonyl (C=O) groups is 2. The van der Waals surface area contributed by atoms with Crippen molar-refractivity contribution in [3.05, 3.63) is 53.5 Å². The lowest BCUT2D eigenvalue weighted by Gasteiger charge is -2.16. The van der Waals surface area contributed by atoms with Crippen LogP contribution in [-0.2, 0) is 6.54 Å². The quantitative estimate of drug-likeness (QED) is 0.887.